The third kappa shape index (κ3) is 3.54. The van der Waals surface area contributed by atoms with E-state index in [4.69, 9.17) is 11.6 Å². The molecule has 0 amide bonds. The van der Waals surface area contributed by atoms with Gasteiger partial charge in [-0.1, -0.05) is 23.2 Å². The molecule has 0 saturated heterocycles. The van der Waals surface area contributed by atoms with Crippen molar-refractivity contribution in [2.45, 2.75) is 13.5 Å². The number of fused-ring (bicyclic) bond motifs is 1. The third-order valence-corrected chi connectivity index (χ3v) is 3.77. The van der Waals surface area contributed by atoms with Crippen molar-refractivity contribution in [1.29, 1.82) is 0 Å². The lowest BCUT2D eigenvalue weighted by atomic mass is 10.1. The molecule has 2 aromatic carbocycles. The Bertz CT molecular complexity index is 815. The van der Waals surface area contributed by atoms with Gasteiger partial charge in [-0.05, 0) is 43.3 Å². The van der Waals surface area contributed by atoms with Crippen LogP contribution >= 0.6 is 28.6 Å². The molecule has 0 atom stereocenters. The Morgan fingerprint density at radius 3 is 2.55 bits per heavy atom. The minimum absolute atomic E-state index is 0. The van der Waals surface area contributed by atoms with Crippen LogP contribution in [-0.2, 0) is 6.54 Å². The van der Waals surface area contributed by atoms with E-state index in [1.54, 1.807) is 24.3 Å². The highest BCUT2D eigenvalue weighted by atomic mass is 79.9. The second kappa shape index (κ2) is 7.03. The summed E-state index contributed by atoms with van der Waals surface area (Å²) in [7, 11) is 0. The number of rotatable bonds is 3. The molecule has 0 bridgehead atoms. The minimum atomic E-state index is 0. The number of carbonyl (C=O) groups excluding carboxylic acids is 1. The van der Waals surface area contributed by atoms with Crippen LogP contribution in [0.5, 0.6) is 0 Å². The molecule has 0 spiro atoms. The molecule has 1 aromatic heterocycles. The van der Waals surface area contributed by atoms with E-state index >= 15 is 0 Å². The van der Waals surface area contributed by atoms with E-state index in [0.717, 1.165) is 10.9 Å². The molecule has 0 aliphatic heterocycles. The predicted octanol–water partition coefficient (Wildman–Crippen LogP) is 4.55. The molecule has 0 fully saturated rings. The van der Waals surface area contributed by atoms with Crippen molar-refractivity contribution in [2.75, 3.05) is 0 Å². The quantitative estimate of drug-likeness (QED) is 0.484. The van der Waals surface area contributed by atoms with E-state index < -0.39 is 0 Å². The highest BCUT2D eigenvalue weighted by Crippen LogP contribution is 2.13. The van der Waals surface area contributed by atoms with Crippen LogP contribution in [-0.4, -0.2) is 5.78 Å². The Balaban J connectivity index is 0.00000176. The number of ketones is 1. The average molecular weight is 378 g/mol. The number of carbonyl (C=O) groups is 1. The molecule has 0 aliphatic rings. The number of halogens is 2. The molecule has 3 rings (SSSR count). The van der Waals surface area contributed by atoms with Crippen molar-refractivity contribution >= 4 is 45.3 Å². The number of pyridine rings is 1. The Morgan fingerprint density at radius 2 is 1.82 bits per heavy atom. The molecule has 0 aliphatic carbocycles. The maximum absolute atomic E-state index is 12.4. The van der Waals surface area contributed by atoms with Crippen LogP contribution in [0.25, 0.3) is 10.9 Å². The van der Waals surface area contributed by atoms with E-state index in [9.17, 15) is 4.79 Å². The predicted molar refractivity (Wildman–Crippen MR) is 95.0 cm³/mol. The molecule has 112 valence electrons. The van der Waals surface area contributed by atoms with Gasteiger partial charge in [-0.3, -0.25) is 4.79 Å². The lowest BCUT2D eigenvalue weighted by Crippen LogP contribution is -2.38. The Hall–Kier alpha value is -1.71. The third-order valence-electron chi connectivity index (χ3n) is 3.51. The van der Waals surface area contributed by atoms with Gasteiger partial charge >= 0.3 is 0 Å². The summed E-state index contributed by atoms with van der Waals surface area (Å²) in [5.74, 6) is 0.0738. The number of aromatic nitrogens is 1. The Labute approximate surface area is 145 Å². The number of hydrogen-bond acceptors (Lipinski definition) is 1. The van der Waals surface area contributed by atoms with Gasteiger partial charge in [0.05, 0.1) is 0 Å². The van der Waals surface area contributed by atoms with Gasteiger partial charge in [0.2, 0.25) is 17.8 Å². The molecule has 2 nitrogen and oxygen atoms in total. The van der Waals surface area contributed by atoms with Crippen LogP contribution < -0.4 is 4.57 Å². The standard InChI is InChI=1S/C18H15ClNO.BrH/c1-13-4-9-17-15(11-13)3-2-10-20(17)12-18(21)14-5-7-16(19)8-6-14;/h2-11H,12H2,1H3;1H/q+1;. The summed E-state index contributed by atoms with van der Waals surface area (Å²) in [5, 5.41) is 1.78. The van der Waals surface area contributed by atoms with Crippen molar-refractivity contribution in [3.05, 3.63) is 76.9 Å². The number of benzene rings is 2. The zero-order valence-corrected chi connectivity index (χ0v) is 14.6. The lowest BCUT2D eigenvalue weighted by molar-refractivity contribution is -0.657. The first-order valence-corrected chi connectivity index (χ1v) is 7.19. The lowest BCUT2D eigenvalue weighted by Gasteiger charge is -2.02. The van der Waals surface area contributed by atoms with Crippen molar-refractivity contribution in [1.82, 2.24) is 0 Å². The largest absolute Gasteiger partial charge is 0.287 e. The maximum atomic E-state index is 12.4. The summed E-state index contributed by atoms with van der Waals surface area (Å²) in [6.45, 7) is 2.39. The van der Waals surface area contributed by atoms with Crippen LogP contribution in [0, 0.1) is 6.92 Å². The van der Waals surface area contributed by atoms with Crippen molar-refractivity contribution in [2.24, 2.45) is 0 Å². The van der Waals surface area contributed by atoms with Gasteiger partial charge in [-0.15, -0.1) is 17.0 Å². The number of hydrogen-bond donors (Lipinski definition) is 0. The fourth-order valence-electron chi connectivity index (χ4n) is 2.42. The molecular weight excluding hydrogens is 362 g/mol. The van der Waals surface area contributed by atoms with E-state index in [1.165, 1.54) is 5.56 Å². The van der Waals surface area contributed by atoms with Gasteiger partial charge in [0, 0.05) is 28.1 Å². The first-order chi connectivity index (χ1) is 10.1. The second-order valence-electron chi connectivity index (χ2n) is 5.13. The molecule has 1 heterocycles. The van der Waals surface area contributed by atoms with Crippen LogP contribution in [0.1, 0.15) is 15.9 Å². The first kappa shape index (κ1) is 16.7. The molecule has 22 heavy (non-hydrogen) atoms. The topological polar surface area (TPSA) is 20.9 Å². The Morgan fingerprint density at radius 1 is 1.09 bits per heavy atom. The number of aryl methyl sites for hydroxylation is 1. The van der Waals surface area contributed by atoms with Crippen molar-refractivity contribution in [3.8, 4) is 0 Å². The zero-order chi connectivity index (χ0) is 14.8. The second-order valence-corrected chi connectivity index (χ2v) is 5.56. The van der Waals surface area contributed by atoms with E-state index in [2.05, 4.69) is 31.2 Å². The normalized spacial score (nSPS) is 10.3. The fraction of sp³-hybridized carbons (Fsp3) is 0.111. The van der Waals surface area contributed by atoms with Gasteiger partial charge in [-0.2, -0.15) is 4.57 Å². The smallest absolute Gasteiger partial charge is 0.227 e. The van der Waals surface area contributed by atoms with Gasteiger partial charge < -0.3 is 0 Å². The van der Waals surface area contributed by atoms with Gasteiger partial charge in [0.15, 0.2) is 6.20 Å². The molecular formula is C18H16BrClNO+. The maximum Gasteiger partial charge on any atom is 0.227 e. The van der Waals surface area contributed by atoms with E-state index in [0.29, 0.717) is 17.1 Å². The van der Waals surface area contributed by atoms with E-state index in [-0.39, 0.29) is 22.8 Å². The summed E-state index contributed by atoms with van der Waals surface area (Å²) < 4.78 is 1.98. The summed E-state index contributed by atoms with van der Waals surface area (Å²) in [6, 6.07) is 17.3. The first-order valence-electron chi connectivity index (χ1n) is 6.81. The average Bonchev–Trinajstić information content (AvgIpc) is 2.47. The summed E-state index contributed by atoms with van der Waals surface area (Å²) in [5.41, 5.74) is 2.95. The zero-order valence-electron chi connectivity index (χ0n) is 12.1. The summed E-state index contributed by atoms with van der Waals surface area (Å²) >= 11 is 5.85. The molecule has 0 radical (unpaired) electrons. The van der Waals surface area contributed by atoms with Gasteiger partial charge in [0.1, 0.15) is 0 Å². The Kier molecular flexibility index (Phi) is 5.33. The van der Waals surface area contributed by atoms with Gasteiger partial charge in [0.25, 0.3) is 0 Å². The number of nitrogens with zero attached hydrogens (tertiary/aromatic N) is 1. The summed E-state index contributed by atoms with van der Waals surface area (Å²) in [6.07, 6.45) is 1.94. The van der Waals surface area contributed by atoms with E-state index in [1.807, 2.05) is 16.8 Å². The number of Topliss-reactive ketones (excluding diaryl/α,β-unsaturated/α-hetero) is 1. The SMILES string of the molecule is Br.Cc1ccc2c(ccc[n+]2CC(=O)c2ccc(Cl)cc2)c1. The van der Waals surface area contributed by atoms with Crippen LogP contribution in [0.15, 0.2) is 60.8 Å². The monoisotopic (exact) mass is 376 g/mol. The highest BCUT2D eigenvalue weighted by molar-refractivity contribution is 8.93. The highest BCUT2D eigenvalue weighted by Gasteiger charge is 2.15. The minimum Gasteiger partial charge on any atom is -0.287 e. The van der Waals surface area contributed by atoms with Gasteiger partial charge in [-0.25, -0.2) is 0 Å². The molecule has 4 heteroatoms. The fourth-order valence-corrected chi connectivity index (χ4v) is 2.55. The van der Waals surface area contributed by atoms with Crippen molar-refractivity contribution in [3.63, 3.8) is 0 Å². The summed E-state index contributed by atoms with van der Waals surface area (Å²) in [4.78, 5) is 12.4. The molecule has 0 N–H and O–H groups in total. The van der Waals surface area contributed by atoms with Crippen LogP contribution in [0.2, 0.25) is 5.02 Å². The molecule has 3 aromatic rings. The molecule has 0 saturated carbocycles. The van der Waals surface area contributed by atoms with Crippen LogP contribution in [0.3, 0.4) is 0 Å². The van der Waals surface area contributed by atoms with Crippen LogP contribution in [0.4, 0.5) is 0 Å². The van der Waals surface area contributed by atoms with Crippen molar-refractivity contribution < 1.29 is 9.36 Å². The molecule has 0 unspecified atom stereocenters.